The van der Waals surface area contributed by atoms with Crippen LogP contribution in [0.2, 0.25) is 0 Å². The van der Waals surface area contributed by atoms with Gasteiger partial charge in [-0.05, 0) is 31.0 Å². The number of piperazine rings is 1. The Balaban J connectivity index is 1.47. The second-order valence-electron chi connectivity index (χ2n) is 6.92. The van der Waals surface area contributed by atoms with Crippen molar-refractivity contribution < 1.29 is 14.0 Å². The van der Waals surface area contributed by atoms with E-state index in [1.807, 2.05) is 43.9 Å². The topological polar surface area (TPSA) is 79.5 Å². The van der Waals surface area contributed by atoms with Crippen molar-refractivity contribution in [1.29, 1.82) is 0 Å². The molecule has 0 unspecified atom stereocenters. The van der Waals surface area contributed by atoms with Crippen molar-refractivity contribution in [3.05, 3.63) is 40.8 Å². The third-order valence-corrected chi connectivity index (χ3v) is 5.06. The zero-order valence-corrected chi connectivity index (χ0v) is 16.2. The minimum Gasteiger partial charge on any atom is -0.408 e. The smallest absolute Gasteiger partial charge is 0.318 e. The number of aromatic nitrogens is 2. The highest BCUT2D eigenvalue weighted by atomic mass is 16.4. The number of rotatable bonds is 6. The van der Waals surface area contributed by atoms with E-state index in [0.717, 1.165) is 11.1 Å². The van der Waals surface area contributed by atoms with E-state index >= 15 is 0 Å². The molecule has 1 aliphatic rings. The van der Waals surface area contributed by atoms with Gasteiger partial charge in [0.15, 0.2) is 5.78 Å². The lowest BCUT2D eigenvalue weighted by molar-refractivity contribution is -0.131. The Kier molecular flexibility index (Phi) is 5.88. The molecule has 0 spiro atoms. The van der Waals surface area contributed by atoms with Gasteiger partial charge in [-0.3, -0.25) is 9.59 Å². The van der Waals surface area contributed by atoms with Crippen molar-refractivity contribution in [2.24, 2.45) is 0 Å². The molecule has 3 rings (SSSR count). The highest BCUT2D eigenvalue weighted by molar-refractivity contribution is 5.98. The molecule has 1 fully saturated rings. The van der Waals surface area contributed by atoms with E-state index in [1.165, 1.54) is 0 Å². The lowest BCUT2D eigenvalue weighted by atomic mass is 10.0. The first kappa shape index (κ1) is 19.1. The van der Waals surface area contributed by atoms with Crippen molar-refractivity contribution in [2.45, 2.75) is 40.0 Å². The summed E-state index contributed by atoms with van der Waals surface area (Å²) in [6.07, 6.45) is 1.19. The minimum atomic E-state index is 0.0167. The molecule has 2 aromatic rings. The van der Waals surface area contributed by atoms with Gasteiger partial charge in [-0.1, -0.05) is 24.2 Å². The highest BCUT2D eigenvalue weighted by Gasteiger charge is 2.24. The molecule has 1 aromatic heterocycles. The predicted octanol–water partition coefficient (Wildman–Crippen LogP) is 2.56. The maximum atomic E-state index is 12.5. The van der Waals surface area contributed by atoms with Crippen LogP contribution < -0.4 is 4.90 Å². The molecule has 144 valence electrons. The first-order valence-corrected chi connectivity index (χ1v) is 9.43. The normalized spacial score (nSPS) is 14.5. The minimum absolute atomic E-state index is 0.0167. The summed E-state index contributed by atoms with van der Waals surface area (Å²) in [7, 11) is 0. The van der Waals surface area contributed by atoms with Gasteiger partial charge in [-0.15, -0.1) is 5.10 Å². The van der Waals surface area contributed by atoms with Gasteiger partial charge in [-0.25, -0.2) is 0 Å². The monoisotopic (exact) mass is 370 g/mol. The Bertz CT molecular complexity index is 822. The van der Waals surface area contributed by atoms with Gasteiger partial charge in [0.1, 0.15) is 0 Å². The van der Waals surface area contributed by atoms with E-state index in [0.29, 0.717) is 50.1 Å². The lowest BCUT2D eigenvalue weighted by Crippen LogP contribution is -2.49. The Morgan fingerprint density at radius 2 is 1.78 bits per heavy atom. The van der Waals surface area contributed by atoms with Crippen LogP contribution in [0.5, 0.6) is 0 Å². The van der Waals surface area contributed by atoms with E-state index in [2.05, 4.69) is 10.2 Å². The van der Waals surface area contributed by atoms with Crippen molar-refractivity contribution >= 4 is 17.7 Å². The third kappa shape index (κ3) is 4.53. The summed E-state index contributed by atoms with van der Waals surface area (Å²) in [6, 6.07) is 6.20. The summed E-state index contributed by atoms with van der Waals surface area (Å²) >= 11 is 0. The third-order valence-electron chi connectivity index (χ3n) is 5.06. The Hall–Kier alpha value is -2.70. The van der Waals surface area contributed by atoms with Crippen LogP contribution >= 0.6 is 0 Å². The number of anilines is 1. The second-order valence-corrected chi connectivity index (χ2v) is 6.92. The summed E-state index contributed by atoms with van der Waals surface area (Å²) in [4.78, 5) is 28.6. The fraction of sp³-hybridized carbons (Fsp3) is 0.500. The number of hydrogen-bond acceptors (Lipinski definition) is 6. The summed E-state index contributed by atoms with van der Waals surface area (Å²) in [6.45, 7) is 8.48. The van der Waals surface area contributed by atoms with Gasteiger partial charge in [0, 0.05) is 51.0 Å². The van der Waals surface area contributed by atoms with Crippen LogP contribution in [0, 0.1) is 13.8 Å². The molecule has 0 radical (unpaired) electrons. The van der Waals surface area contributed by atoms with E-state index in [9.17, 15) is 9.59 Å². The van der Waals surface area contributed by atoms with Crippen LogP contribution in [0.1, 0.15) is 47.1 Å². The maximum Gasteiger partial charge on any atom is 0.318 e. The zero-order chi connectivity index (χ0) is 19.4. The van der Waals surface area contributed by atoms with Gasteiger partial charge < -0.3 is 14.2 Å². The van der Waals surface area contributed by atoms with Crippen molar-refractivity contribution in [3.63, 3.8) is 0 Å². The quantitative estimate of drug-likeness (QED) is 0.727. The number of hydrogen-bond donors (Lipinski definition) is 0. The van der Waals surface area contributed by atoms with E-state index in [-0.39, 0.29) is 24.5 Å². The Morgan fingerprint density at radius 3 is 2.41 bits per heavy atom. The molecule has 0 N–H and O–H groups in total. The maximum absolute atomic E-state index is 12.5. The standard InChI is InChI=1S/C20H26N4O3/c1-4-18-21-22-20(27-18)24-11-9-23(10-12-24)19(26)8-7-17(25)16-6-5-14(2)15(3)13-16/h5-6,13H,4,7-12H2,1-3H3. The molecule has 1 saturated heterocycles. The number of benzene rings is 1. The summed E-state index contributed by atoms with van der Waals surface area (Å²) in [5.74, 6) is 0.656. The number of nitrogens with zero attached hydrogens (tertiary/aromatic N) is 4. The molecular formula is C20H26N4O3. The number of amides is 1. The molecule has 0 aliphatic carbocycles. The van der Waals surface area contributed by atoms with Gasteiger partial charge in [0.05, 0.1) is 0 Å². The molecule has 0 saturated carbocycles. The van der Waals surface area contributed by atoms with Crippen molar-refractivity contribution in [2.75, 3.05) is 31.1 Å². The van der Waals surface area contributed by atoms with Crippen molar-refractivity contribution in [3.8, 4) is 0 Å². The molecule has 1 amide bonds. The lowest BCUT2D eigenvalue weighted by Gasteiger charge is -2.33. The van der Waals surface area contributed by atoms with E-state index in [4.69, 9.17) is 4.42 Å². The van der Waals surface area contributed by atoms with Gasteiger partial charge >= 0.3 is 6.01 Å². The number of carbonyl (C=O) groups is 2. The first-order valence-electron chi connectivity index (χ1n) is 9.43. The van der Waals surface area contributed by atoms with E-state index < -0.39 is 0 Å². The first-order chi connectivity index (χ1) is 13.0. The van der Waals surface area contributed by atoms with Crippen LogP contribution in [-0.4, -0.2) is 53.0 Å². The summed E-state index contributed by atoms with van der Waals surface area (Å²) in [5, 5.41) is 8.02. The zero-order valence-electron chi connectivity index (χ0n) is 16.2. The van der Waals surface area contributed by atoms with Crippen LogP contribution in [0.3, 0.4) is 0 Å². The van der Waals surface area contributed by atoms with Crippen LogP contribution in [0.25, 0.3) is 0 Å². The summed E-state index contributed by atoms with van der Waals surface area (Å²) < 4.78 is 5.57. The average Bonchev–Trinajstić information content (AvgIpc) is 3.17. The summed E-state index contributed by atoms with van der Waals surface area (Å²) in [5.41, 5.74) is 2.93. The molecular weight excluding hydrogens is 344 g/mol. The largest absolute Gasteiger partial charge is 0.408 e. The fourth-order valence-electron chi connectivity index (χ4n) is 3.10. The molecule has 2 heterocycles. The molecule has 0 atom stereocenters. The highest BCUT2D eigenvalue weighted by Crippen LogP contribution is 2.17. The Labute approximate surface area is 159 Å². The van der Waals surface area contributed by atoms with E-state index in [1.54, 1.807) is 4.90 Å². The molecule has 1 aliphatic heterocycles. The van der Waals surface area contributed by atoms with Crippen molar-refractivity contribution in [1.82, 2.24) is 15.1 Å². The molecule has 7 nitrogen and oxygen atoms in total. The number of Topliss-reactive ketones (excluding diaryl/α,β-unsaturated/α-hetero) is 1. The molecule has 1 aromatic carbocycles. The number of carbonyl (C=O) groups excluding carboxylic acids is 2. The van der Waals surface area contributed by atoms with Gasteiger partial charge in [0.2, 0.25) is 11.8 Å². The SMILES string of the molecule is CCc1nnc(N2CCN(C(=O)CCC(=O)c3ccc(C)c(C)c3)CC2)o1. The fourth-order valence-corrected chi connectivity index (χ4v) is 3.10. The molecule has 7 heteroatoms. The second kappa shape index (κ2) is 8.33. The predicted molar refractivity (Wildman–Crippen MR) is 102 cm³/mol. The Morgan fingerprint density at radius 1 is 1.04 bits per heavy atom. The van der Waals surface area contributed by atoms with Crippen LogP contribution in [-0.2, 0) is 11.2 Å². The molecule has 27 heavy (non-hydrogen) atoms. The van der Waals surface area contributed by atoms with Gasteiger partial charge in [-0.2, -0.15) is 0 Å². The molecule has 0 bridgehead atoms. The average molecular weight is 370 g/mol. The van der Waals surface area contributed by atoms with Crippen LogP contribution in [0.4, 0.5) is 6.01 Å². The number of aryl methyl sites for hydroxylation is 3. The van der Waals surface area contributed by atoms with Crippen LogP contribution in [0.15, 0.2) is 22.6 Å². The number of ketones is 1. The van der Waals surface area contributed by atoms with Gasteiger partial charge in [0.25, 0.3) is 0 Å².